The predicted octanol–water partition coefficient (Wildman–Crippen LogP) is 1.97. The van der Waals surface area contributed by atoms with Crippen molar-refractivity contribution in [3.63, 3.8) is 0 Å². The molecule has 0 bridgehead atoms. The number of halogens is 1. The van der Waals surface area contributed by atoms with Gasteiger partial charge in [0.1, 0.15) is 12.1 Å². The zero-order chi connectivity index (χ0) is 15.7. The van der Waals surface area contributed by atoms with Crippen molar-refractivity contribution in [1.29, 1.82) is 0 Å². The van der Waals surface area contributed by atoms with Crippen molar-refractivity contribution in [3.8, 4) is 0 Å². The Kier molecular flexibility index (Phi) is 3.62. The molecule has 1 aromatic carbocycles. The van der Waals surface area contributed by atoms with Crippen LogP contribution in [0.4, 0.5) is 10.2 Å². The van der Waals surface area contributed by atoms with Crippen LogP contribution in [0.25, 0.3) is 0 Å². The molecule has 1 N–H and O–H groups in total. The minimum atomic E-state index is -0.570. The van der Waals surface area contributed by atoms with E-state index in [0.717, 1.165) is 5.56 Å². The Morgan fingerprint density at radius 3 is 2.73 bits per heavy atom. The highest BCUT2D eigenvalue weighted by Crippen LogP contribution is 2.37. The third kappa shape index (κ3) is 2.57. The molecule has 2 atom stereocenters. The van der Waals surface area contributed by atoms with Gasteiger partial charge in [0.05, 0.1) is 12.0 Å². The summed E-state index contributed by atoms with van der Waals surface area (Å²) in [6.07, 6.45) is 1.45. The van der Waals surface area contributed by atoms with Gasteiger partial charge in [0, 0.05) is 19.5 Å². The molecule has 1 aliphatic rings. The van der Waals surface area contributed by atoms with Gasteiger partial charge in [-0.15, -0.1) is 0 Å². The zero-order valence-corrected chi connectivity index (χ0v) is 11.8. The van der Waals surface area contributed by atoms with Crippen molar-refractivity contribution in [2.24, 2.45) is 5.92 Å². The van der Waals surface area contributed by atoms with Crippen LogP contribution in [0.15, 0.2) is 41.1 Å². The molecule has 1 fully saturated rings. The highest BCUT2D eigenvalue weighted by Gasteiger charge is 2.42. The number of carbonyl (C=O) groups excluding carboxylic acids is 2. The molecule has 0 unspecified atom stereocenters. The molecule has 2 heterocycles. The summed E-state index contributed by atoms with van der Waals surface area (Å²) in [5.74, 6) is -1.08. The minimum absolute atomic E-state index is 0.0994. The van der Waals surface area contributed by atoms with E-state index in [1.807, 2.05) is 0 Å². The lowest BCUT2D eigenvalue weighted by Crippen LogP contribution is -2.30. The van der Waals surface area contributed by atoms with Crippen molar-refractivity contribution in [2.75, 3.05) is 12.4 Å². The Morgan fingerprint density at radius 1 is 1.36 bits per heavy atom. The monoisotopic (exact) mass is 303 g/mol. The molecule has 3 rings (SSSR count). The number of nitrogens with one attached hydrogen (secondary N) is 1. The number of nitrogens with zero attached hydrogens (tertiary/aromatic N) is 2. The lowest BCUT2D eigenvalue weighted by Gasteiger charge is -2.24. The summed E-state index contributed by atoms with van der Waals surface area (Å²) in [6, 6.07) is 6.90. The smallest absolute Gasteiger partial charge is 0.231 e. The van der Waals surface area contributed by atoms with E-state index in [2.05, 4.69) is 15.0 Å². The molecule has 1 aliphatic heterocycles. The molecule has 0 saturated carbocycles. The molecule has 0 spiro atoms. The normalized spacial score (nSPS) is 21.2. The fourth-order valence-electron chi connectivity index (χ4n) is 2.72. The second-order valence-corrected chi connectivity index (χ2v) is 5.19. The van der Waals surface area contributed by atoms with Gasteiger partial charge < -0.3 is 14.7 Å². The average molecular weight is 303 g/mol. The second kappa shape index (κ2) is 5.59. The maximum absolute atomic E-state index is 13.1. The number of likely N-dealkylation sites (tertiary alicyclic amines) is 1. The molecule has 7 heteroatoms. The van der Waals surface area contributed by atoms with Crippen molar-refractivity contribution in [3.05, 3.63) is 48.0 Å². The molecule has 0 aliphatic carbocycles. The molecule has 22 heavy (non-hydrogen) atoms. The standard InChI is InChI=1S/C15H14FN3O3/c1-19-13(20)8-11(15(21)17-12-6-7-22-18-12)14(19)9-2-4-10(16)5-3-9/h2-7,11,14H,8H2,1H3,(H,17,18,21)/t11-,14+/m0/s1. The summed E-state index contributed by atoms with van der Waals surface area (Å²) >= 11 is 0. The van der Waals surface area contributed by atoms with Crippen molar-refractivity contribution >= 4 is 17.6 Å². The van der Waals surface area contributed by atoms with Crippen molar-refractivity contribution in [2.45, 2.75) is 12.5 Å². The van der Waals surface area contributed by atoms with Crippen LogP contribution in [0.5, 0.6) is 0 Å². The number of hydrogen-bond donors (Lipinski definition) is 1. The van der Waals surface area contributed by atoms with E-state index in [1.54, 1.807) is 19.2 Å². The molecular weight excluding hydrogens is 289 g/mol. The highest BCUT2D eigenvalue weighted by atomic mass is 19.1. The first kappa shape index (κ1) is 14.2. The quantitative estimate of drug-likeness (QED) is 0.940. The summed E-state index contributed by atoms with van der Waals surface area (Å²) in [6.45, 7) is 0. The maximum Gasteiger partial charge on any atom is 0.231 e. The first-order chi connectivity index (χ1) is 10.6. The van der Waals surface area contributed by atoms with Gasteiger partial charge in [-0.2, -0.15) is 0 Å². The van der Waals surface area contributed by atoms with E-state index in [4.69, 9.17) is 0 Å². The Balaban J connectivity index is 1.86. The molecular formula is C15H14FN3O3. The number of amides is 2. The van der Waals surface area contributed by atoms with E-state index < -0.39 is 12.0 Å². The van der Waals surface area contributed by atoms with E-state index >= 15 is 0 Å². The van der Waals surface area contributed by atoms with Gasteiger partial charge in [0.25, 0.3) is 0 Å². The molecule has 1 aromatic heterocycles. The third-order valence-electron chi connectivity index (χ3n) is 3.82. The van der Waals surface area contributed by atoms with Crippen LogP contribution >= 0.6 is 0 Å². The van der Waals surface area contributed by atoms with Gasteiger partial charge in [-0.25, -0.2) is 4.39 Å². The van der Waals surface area contributed by atoms with Crippen LogP contribution in [-0.2, 0) is 9.59 Å². The summed E-state index contributed by atoms with van der Waals surface area (Å²) < 4.78 is 17.7. The molecule has 1 saturated heterocycles. The van der Waals surface area contributed by atoms with Gasteiger partial charge in [-0.3, -0.25) is 9.59 Å². The minimum Gasteiger partial charge on any atom is -0.363 e. The first-order valence-corrected chi connectivity index (χ1v) is 6.78. The topological polar surface area (TPSA) is 75.4 Å². The lowest BCUT2D eigenvalue weighted by molar-refractivity contribution is -0.127. The van der Waals surface area contributed by atoms with Gasteiger partial charge in [0.2, 0.25) is 11.8 Å². The Labute approximate surface area is 125 Å². The fourth-order valence-corrected chi connectivity index (χ4v) is 2.72. The predicted molar refractivity (Wildman–Crippen MR) is 75.2 cm³/mol. The zero-order valence-electron chi connectivity index (χ0n) is 11.8. The van der Waals surface area contributed by atoms with E-state index in [0.29, 0.717) is 5.82 Å². The van der Waals surface area contributed by atoms with Gasteiger partial charge in [-0.05, 0) is 17.7 Å². The average Bonchev–Trinajstić information content (AvgIpc) is 3.10. The van der Waals surface area contributed by atoms with Crippen LogP contribution in [-0.4, -0.2) is 28.9 Å². The Bertz CT molecular complexity index is 685. The maximum atomic E-state index is 13.1. The number of carbonyl (C=O) groups is 2. The van der Waals surface area contributed by atoms with Crippen molar-refractivity contribution < 1.29 is 18.5 Å². The third-order valence-corrected chi connectivity index (χ3v) is 3.82. The number of hydrogen-bond acceptors (Lipinski definition) is 4. The summed E-state index contributed by atoms with van der Waals surface area (Å²) in [4.78, 5) is 25.9. The van der Waals surface area contributed by atoms with Gasteiger partial charge in [0.15, 0.2) is 5.82 Å². The van der Waals surface area contributed by atoms with Crippen molar-refractivity contribution in [1.82, 2.24) is 10.1 Å². The van der Waals surface area contributed by atoms with Crippen LogP contribution in [0, 0.1) is 11.7 Å². The molecule has 6 nitrogen and oxygen atoms in total. The first-order valence-electron chi connectivity index (χ1n) is 6.78. The summed E-state index contributed by atoms with van der Waals surface area (Å²) in [5.41, 5.74) is 0.718. The number of benzene rings is 1. The molecule has 2 aromatic rings. The molecule has 2 amide bonds. The van der Waals surface area contributed by atoms with E-state index in [1.165, 1.54) is 29.4 Å². The van der Waals surface area contributed by atoms with Crippen LogP contribution < -0.4 is 5.32 Å². The fraction of sp³-hybridized carbons (Fsp3) is 0.267. The number of rotatable bonds is 3. The second-order valence-electron chi connectivity index (χ2n) is 5.19. The number of anilines is 1. The summed E-state index contributed by atoms with van der Waals surface area (Å²) in [7, 11) is 1.64. The Hall–Kier alpha value is -2.70. The van der Waals surface area contributed by atoms with E-state index in [-0.39, 0.29) is 24.1 Å². The Morgan fingerprint density at radius 2 is 2.09 bits per heavy atom. The van der Waals surface area contributed by atoms with Crippen LogP contribution in [0.3, 0.4) is 0 Å². The van der Waals surface area contributed by atoms with E-state index in [9.17, 15) is 14.0 Å². The van der Waals surface area contributed by atoms with Crippen LogP contribution in [0.1, 0.15) is 18.0 Å². The molecule has 0 radical (unpaired) electrons. The SMILES string of the molecule is CN1C(=O)C[C@H](C(=O)Nc2ccon2)[C@H]1c1ccc(F)cc1. The lowest BCUT2D eigenvalue weighted by atomic mass is 9.93. The molecule has 114 valence electrons. The van der Waals surface area contributed by atoms with Gasteiger partial charge in [-0.1, -0.05) is 17.3 Å². The van der Waals surface area contributed by atoms with Crippen LogP contribution in [0.2, 0.25) is 0 Å². The highest BCUT2D eigenvalue weighted by molar-refractivity contribution is 5.97. The number of aromatic nitrogens is 1. The summed E-state index contributed by atoms with van der Waals surface area (Å²) in [5, 5.41) is 6.24. The van der Waals surface area contributed by atoms with Gasteiger partial charge >= 0.3 is 0 Å². The largest absolute Gasteiger partial charge is 0.363 e.